The van der Waals surface area contributed by atoms with Crippen molar-refractivity contribution in [1.82, 2.24) is 8.61 Å². The second kappa shape index (κ2) is 6.21. The Bertz CT molecular complexity index is 593. The van der Waals surface area contributed by atoms with E-state index in [4.69, 9.17) is 4.74 Å². The lowest BCUT2D eigenvalue weighted by Gasteiger charge is -2.36. The van der Waals surface area contributed by atoms with Crippen LogP contribution in [0, 0.1) is 6.92 Å². The minimum Gasteiger partial charge on any atom is -0.495 e. The van der Waals surface area contributed by atoms with Crippen LogP contribution >= 0.6 is 0 Å². The Morgan fingerprint density at radius 3 is 2.29 bits per heavy atom. The van der Waals surface area contributed by atoms with Crippen molar-refractivity contribution in [3.63, 3.8) is 0 Å². The summed E-state index contributed by atoms with van der Waals surface area (Å²) >= 11 is 0. The smallest absolute Gasteiger partial charge is 0.281 e. The molecule has 0 unspecified atom stereocenters. The number of nitrogens with zero attached hydrogens (tertiary/aromatic N) is 3. The number of rotatable bonds is 4. The molecule has 0 bridgehead atoms. The molecule has 21 heavy (non-hydrogen) atoms. The molecular weight excluding hydrogens is 290 g/mol. The number of aryl methyl sites for hydroxylation is 1. The van der Waals surface area contributed by atoms with Gasteiger partial charge in [-0.1, -0.05) is 6.07 Å². The first-order chi connectivity index (χ1) is 9.86. The lowest BCUT2D eigenvalue weighted by atomic mass is 10.1. The van der Waals surface area contributed by atoms with Gasteiger partial charge in [-0.05, 0) is 24.6 Å². The zero-order chi connectivity index (χ0) is 15.6. The van der Waals surface area contributed by atoms with Crippen LogP contribution in [0.4, 0.5) is 5.69 Å². The molecule has 0 spiro atoms. The Morgan fingerprint density at radius 2 is 1.76 bits per heavy atom. The Balaban J connectivity index is 2.13. The quantitative estimate of drug-likeness (QED) is 0.830. The van der Waals surface area contributed by atoms with Crippen LogP contribution in [0.15, 0.2) is 18.2 Å². The van der Waals surface area contributed by atoms with Gasteiger partial charge in [0.25, 0.3) is 10.2 Å². The fourth-order valence-corrected chi connectivity index (χ4v) is 3.52. The highest BCUT2D eigenvalue weighted by molar-refractivity contribution is 7.86. The summed E-state index contributed by atoms with van der Waals surface area (Å²) in [6, 6.07) is 6.04. The van der Waals surface area contributed by atoms with E-state index in [9.17, 15) is 8.42 Å². The van der Waals surface area contributed by atoms with Crippen LogP contribution in [0.5, 0.6) is 5.75 Å². The Morgan fingerprint density at radius 1 is 1.14 bits per heavy atom. The SMILES string of the molecule is COc1ccc(C)cc1N1CCN(S(=O)(=O)N(C)C)CC1. The van der Waals surface area contributed by atoms with Crippen LogP contribution in [0.25, 0.3) is 0 Å². The second-order valence-electron chi connectivity index (χ2n) is 5.35. The largest absolute Gasteiger partial charge is 0.495 e. The summed E-state index contributed by atoms with van der Waals surface area (Å²) < 4.78 is 32.4. The molecule has 118 valence electrons. The molecule has 7 heteroatoms. The van der Waals surface area contributed by atoms with Crippen molar-refractivity contribution in [3.05, 3.63) is 23.8 Å². The van der Waals surface area contributed by atoms with E-state index in [0.717, 1.165) is 17.0 Å². The maximum absolute atomic E-state index is 12.1. The van der Waals surface area contributed by atoms with E-state index < -0.39 is 10.2 Å². The van der Waals surface area contributed by atoms with Crippen molar-refractivity contribution < 1.29 is 13.2 Å². The first-order valence-electron chi connectivity index (χ1n) is 6.93. The number of anilines is 1. The molecule has 1 fully saturated rings. The molecule has 6 nitrogen and oxygen atoms in total. The predicted octanol–water partition coefficient (Wildman–Crippen LogP) is 0.932. The Hall–Kier alpha value is -1.31. The van der Waals surface area contributed by atoms with Crippen LogP contribution in [0.3, 0.4) is 0 Å². The van der Waals surface area contributed by atoms with Crippen molar-refractivity contribution in [2.24, 2.45) is 0 Å². The van der Waals surface area contributed by atoms with Crippen molar-refractivity contribution in [2.75, 3.05) is 52.3 Å². The molecule has 1 heterocycles. The van der Waals surface area contributed by atoms with E-state index in [1.165, 1.54) is 8.61 Å². The fraction of sp³-hybridized carbons (Fsp3) is 0.571. The number of hydrogen-bond donors (Lipinski definition) is 0. The maximum Gasteiger partial charge on any atom is 0.281 e. The molecule has 0 amide bonds. The first-order valence-corrected chi connectivity index (χ1v) is 8.33. The first kappa shape index (κ1) is 16.1. The van der Waals surface area contributed by atoms with Crippen LogP contribution in [-0.4, -0.2) is 64.4 Å². The third-order valence-corrected chi connectivity index (χ3v) is 5.64. The fourth-order valence-electron chi connectivity index (χ4n) is 2.44. The molecule has 0 saturated carbocycles. The molecule has 1 saturated heterocycles. The molecule has 2 rings (SSSR count). The minimum atomic E-state index is -3.32. The van der Waals surface area contributed by atoms with Crippen LogP contribution in [0.2, 0.25) is 0 Å². The number of hydrogen-bond acceptors (Lipinski definition) is 4. The number of piperazine rings is 1. The van der Waals surface area contributed by atoms with Gasteiger partial charge in [0.1, 0.15) is 5.75 Å². The van der Waals surface area contributed by atoms with Gasteiger partial charge >= 0.3 is 0 Å². The average Bonchev–Trinajstić information content (AvgIpc) is 2.47. The second-order valence-corrected chi connectivity index (χ2v) is 7.49. The van der Waals surface area contributed by atoms with E-state index in [-0.39, 0.29) is 0 Å². The lowest BCUT2D eigenvalue weighted by Crippen LogP contribution is -2.51. The Kier molecular flexibility index (Phi) is 4.75. The highest BCUT2D eigenvalue weighted by Gasteiger charge is 2.29. The van der Waals surface area contributed by atoms with E-state index in [1.54, 1.807) is 21.2 Å². The topological polar surface area (TPSA) is 53.1 Å². The summed E-state index contributed by atoms with van der Waals surface area (Å²) in [5.41, 5.74) is 2.19. The van der Waals surface area contributed by atoms with Crippen molar-refractivity contribution in [1.29, 1.82) is 0 Å². The zero-order valence-corrected chi connectivity index (χ0v) is 13.9. The normalized spacial score (nSPS) is 17.3. The molecule has 0 N–H and O–H groups in total. The van der Waals surface area contributed by atoms with Gasteiger partial charge < -0.3 is 9.64 Å². The molecular formula is C14H23N3O3S. The van der Waals surface area contributed by atoms with Gasteiger partial charge in [0.2, 0.25) is 0 Å². The monoisotopic (exact) mass is 313 g/mol. The zero-order valence-electron chi connectivity index (χ0n) is 13.0. The van der Waals surface area contributed by atoms with Gasteiger partial charge in [-0.25, -0.2) is 0 Å². The molecule has 0 aliphatic carbocycles. The highest BCUT2D eigenvalue weighted by Crippen LogP contribution is 2.30. The summed E-state index contributed by atoms with van der Waals surface area (Å²) in [5, 5.41) is 0. The molecule has 0 atom stereocenters. The molecule has 1 aromatic rings. The van der Waals surface area contributed by atoms with Crippen LogP contribution < -0.4 is 9.64 Å². The van der Waals surface area contributed by atoms with Crippen LogP contribution in [0.1, 0.15) is 5.56 Å². The number of ether oxygens (including phenoxy) is 1. The molecule has 1 aliphatic rings. The van der Waals surface area contributed by atoms with Gasteiger partial charge in [0, 0.05) is 40.3 Å². The standard InChI is InChI=1S/C14H23N3O3S/c1-12-5-6-14(20-4)13(11-12)16-7-9-17(10-8-16)21(18,19)15(2)3/h5-6,11H,7-10H2,1-4H3. The molecule has 1 aliphatic heterocycles. The number of benzene rings is 1. The molecule has 0 radical (unpaired) electrons. The van der Waals surface area contributed by atoms with Crippen molar-refractivity contribution in [3.8, 4) is 5.75 Å². The number of methoxy groups -OCH3 is 1. The van der Waals surface area contributed by atoms with Crippen LogP contribution in [-0.2, 0) is 10.2 Å². The van der Waals surface area contributed by atoms with Crippen molar-refractivity contribution >= 4 is 15.9 Å². The third-order valence-electron chi connectivity index (χ3n) is 3.70. The van der Waals surface area contributed by atoms with Gasteiger partial charge in [0.05, 0.1) is 12.8 Å². The van der Waals surface area contributed by atoms with E-state index in [0.29, 0.717) is 26.2 Å². The van der Waals surface area contributed by atoms with Gasteiger partial charge in [-0.3, -0.25) is 0 Å². The molecule has 1 aromatic carbocycles. The summed E-state index contributed by atoms with van der Waals surface area (Å²) in [6.45, 7) is 4.32. The minimum absolute atomic E-state index is 0.484. The summed E-state index contributed by atoms with van der Waals surface area (Å²) in [6.07, 6.45) is 0. The van der Waals surface area contributed by atoms with Gasteiger partial charge in [-0.2, -0.15) is 17.0 Å². The maximum atomic E-state index is 12.1. The Labute approximate surface area is 127 Å². The van der Waals surface area contributed by atoms with Gasteiger partial charge in [-0.15, -0.1) is 0 Å². The summed E-state index contributed by atoms with van der Waals surface area (Å²) in [4.78, 5) is 2.17. The average molecular weight is 313 g/mol. The summed E-state index contributed by atoms with van der Waals surface area (Å²) in [5.74, 6) is 0.824. The predicted molar refractivity (Wildman–Crippen MR) is 84.1 cm³/mol. The lowest BCUT2D eigenvalue weighted by molar-refractivity contribution is 0.353. The van der Waals surface area contributed by atoms with Crippen molar-refractivity contribution in [2.45, 2.75) is 6.92 Å². The van der Waals surface area contributed by atoms with Gasteiger partial charge in [0.15, 0.2) is 0 Å². The molecule has 0 aromatic heterocycles. The van der Waals surface area contributed by atoms with E-state index in [2.05, 4.69) is 11.0 Å². The van der Waals surface area contributed by atoms with E-state index in [1.807, 2.05) is 19.1 Å². The highest BCUT2D eigenvalue weighted by atomic mass is 32.2. The summed E-state index contributed by atoms with van der Waals surface area (Å²) in [7, 11) is 1.45. The third kappa shape index (κ3) is 3.30. The van der Waals surface area contributed by atoms with E-state index >= 15 is 0 Å².